The standard InChI is InChI=1S/C11H14N2O3/c14-8-1-3-11(4-2-8,10(15)16)9-7-12-5-6-13-9/h5-8,14H,1-4H2,(H,15,16). The van der Waals surface area contributed by atoms with Gasteiger partial charge in [-0.25, -0.2) is 0 Å². The Morgan fingerprint density at radius 3 is 2.56 bits per heavy atom. The van der Waals surface area contributed by atoms with Crippen molar-refractivity contribution in [2.45, 2.75) is 37.2 Å². The topological polar surface area (TPSA) is 83.3 Å². The summed E-state index contributed by atoms with van der Waals surface area (Å²) >= 11 is 0. The van der Waals surface area contributed by atoms with Crippen molar-refractivity contribution in [3.8, 4) is 0 Å². The molecule has 2 N–H and O–H groups in total. The van der Waals surface area contributed by atoms with E-state index in [4.69, 9.17) is 0 Å². The monoisotopic (exact) mass is 222 g/mol. The second kappa shape index (κ2) is 4.17. The lowest BCUT2D eigenvalue weighted by atomic mass is 9.71. The Kier molecular flexibility index (Phi) is 2.87. The molecule has 0 bridgehead atoms. The van der Waals surface area contributed by atoms with Crippen molar-refractivity contribution in [2.24, 2.45) is 0 Å². The molecule has 1 aromatic rings. The molecule has 0 aliphatic heterocycles. The van der Waals surface area contributed by atoms with Gasteiger partial charge in [0.2, 0.25) is 0 Å². The van der Waals surface area contributed by atoms with Crippen LogP contribution in [0.5, 0.6) is 0 Å². The molecule has 5 heteroatoms. The Bertz CT molecular complexity index is 372. The van der Waals surface area contributed by atoms with Gasteiger partial charge in [-0.05, 0) is 25.7 Å². The Hall–Kier alpha value is -1.49. The van der Waals surface area contributed by atoms with Crippen LogP contribution in [-0.2, 0) is 10.2 Å². The van der Waals surface area contributed by atoms with Gasteiger partial charge in [0.15, 0.2) is 0 Å². The quantitative estimate of drug-likeness (QED) is 0.770. The van der Waals surface area contributed by atoms with Crippen molar-refractivity contribution in [1.29, 1.82) is 0 Å². The van der Waals surface area contributed by atoms with Gasteiger partial charge in [0.05, 0.1) is 11.8 Å². The predicted octanol–water partition coefficient (Wildman–Crippen LogP) is 0.734. The number of carboxylic acid groups (broad SMARTS) is 1. The van der Waals surface area contributed by atoms with Crippen LogP contribution in [0, 0.1) is 0 Å². The molecule has 86 valence electrons. The molecule has 1 aromatic heterocycles. The van der Waals surface area contributed by atoms with Crippen LogP contribution >= 0.6 is 0 Å². The van der Waals surface area contributed by atoms with E-state index in [0.29, 0.717) is 31.4 Å². The highest BCUT2D eigenvalue weighted by atomic mass is 16.4. The molecule has 0 spiro atoms. The summed E-state index contributed by atoms with van der Waals surface area (Å²) in [4.78, 5) is 19.4. The number of aliphatic carboxylic acids is 1. The number of aromatic nitrogens is 2. The van der Waals surface area contributed by atoms with Crippen molar-refractivity contribution < 1.29 is 15.0 Å². The highest BCUT2D eigenvalue weighted by Gasteiger charge is 2.44. The van der Waals surface area contributed by atoms with Crippen LogP contribution in [-0.4, -0.2) is 32.3 Å². The summed E-state index contributed by atoms with van der Waals surface area (Å²) in [6, 6.07) is 0. The first-order chi connectivity index (χ1) is 7.65. The first-order valence-corrected chi connectivity index (χ1v) is 5.33. The number of hydrogen-bond donors (Lipinski definition) is 2. The average Bonchev–Trinajstić information content (AvgIpc) is 2.31. The summed E-state index contributed by atoms with van der Waals surface area (Å²) in [5.74, 6) is -0.875. The van der Waals surface area contributed by atoms with Gasteiger partial charge in [-0.3, -0.25) is 14.8 Å². The van der Waals surface area contributed by atoms with Crippen molar-refractivity contribution in [2.75, 3.05) is 0 Å². The van der Waals surface area contributed by atoms with Gasteiger partial charge < -0.3 is 10.2 Å². The highest BCUT2D eigenvalue weighted by Crippen LogP contribution is 2.38. The highest BCUT2D eigenvalue weighted by molar-refractivity contribution is 5.80. The molecular formula is C11H14N2O3. The zero-order valence-electron chi connectivity index (χ0n) is 8.83. The summed E-state index contributed by atoms with van der Waals surface area (Å²) in [5.41, 5.74) is -0.470. The SMILES string of the molecule is O=C(O)C1(c2cnccn2)CCC(O)CC1. The lowest BCUT2D eigenvalue weighted by molar-refractivity contribution is -0.146. The fourth-order valence-corrected chi connectivity index (χ4v) is 2.22. The largest absolute Gasteiger partial charge is 0.481 e. The van der Waals surface area contributed by atoms with E-state index in [1.807, 2.05) is 0 Å². The van der Waals surface area contributed by atoms with Gasteiger partial charge in [-0.2, -0.15) is 0 Å². The number of nitrogens with zero attached hydrogens (tertiary/aromatic N) is 2. The molecule has 0 atom stereocenters. The summed E-state index contributed by atoms with van der Waals surface area (Å²) in [7, 11) is 0. The van der Waals surface area contributed by atoms with E-state index in [0.717, 1.165) is 0 Å². The molecule has 0 saturated heterocycles. The first-order valence-electron chi connectivity index (χ1n) is 5.33. The summed E-state index contributed by atoms with van der Waals surface area (Å²) in [6.45, 7) is 0. The number of hydrogen-bond acceptors (Lipinski definition) is 4. The van der Waals surface area contributed by atoms with Crippen molar-refractivity contribution in [3.05, 3.63) is 24.3 Å². The molecule has 0 radical (unpaired) electrons. The average molecular weight is 222 g/mol. The molecule has 0 aromatic carbocycles. The maximum Gasteiger partial charge on any atom is 0.315 e. The van der Waals surface area contributed by atoms with Gasteiger partial charge in [0, 0.05) is 18.6 Å². The minimum Gasteiger partial charge on any atom is -0.481 e. The van der Waals surface area contributed by atoms with Gasteiger partial charge in [0.1, 0.15) is 5.41 Å². The van der Waals surface area contributed by atoms with E-state index in [1.54, 1.807) is 0 Å². The Balaban J connectivity index is 2.34. The second-order valence-electron chi connectivity index (χ2n) is 4.21. The smallest absolute Gasteiger partial charge is 0.315 e. The molecule has 2 rings (SSSR count). The molecule has 0 amide bonds. The normalized spacial score (nSPS) is 29.9. The number of carboxylic acids is 1. The van der Waals surface area contributed by atoms with Crippen molar-refractivity contribution in [3.63, 3.8) is 0 Å². The lowest BCUT2D eigenvalue weighted by Gasteiger charge is -2.34. The molecule has 1 aliphatic rings. The number of aliphatic hydroxyl groups is 1. The predicted molar refractivity (Wildman–Crippen MR) is 55.8 cm³/mol. The summed E-state index contributed by atoms with van der Waals surface area (Å²) in [6.07, 6.45) is 5.99. The minimum absolute atomic E-state index is 0.385. The number of carbonyl (C=O) groups is 1. The molecule has 1 heterocycles. The molecule has 16 heavy (non-hydrogen) atoms. The first kappa shape index (κ1) is 11.0. The molecule has 1 aliphatic carbocycles. The van der Waals surface area contributed by atoms with Crippen molar-refractivity contribution in [1.82, 2.24) is 9.97 Å². The zero-order chi connectivity index (χ0) is 11.6. The van der Waals surface area contributed by atoms with Gasteiger partial charge in [0.25, 0.3) is 0 Å². The Labute approximate surface area is 93.2 Å². The van der Waals surface area contributed by atoms with Gasteiger partial charge >= 0.3 is 5.97 Å². The third-order valence-electron chi connectivity index (χ3n) is 3.27. The molecule has 5 nitrogen and oxygen atoms in total. The van der Waals surface area contributed by atoms with E-state index in [9.17, 15) is 15.0 Å². The second-order valence-corrected chi connectivity index (χ2v) is 4.21. The van der Waals surface area contributed by atoms with Gasteiger partial charge in [-0.1, -0.05) is 0 Å². The number of rotatable bonds is 2. The van der Waals surface area contributed by atoms with Gasteiger partial charge in [-0.15, -0.1) is 0 Å². The van der Waals surface area contributed by atoms with Crippen LogP contribution in [0.3, 0.4) is 0 Å². The van der Waals surface area contributed by atoms with E-state index in [2.05, 4.69) is 9.97 Å². The van der Waals surface area contributed by atoms with Crippen LogP contribution in [0.2, 0.25) is 0 Å². The van der Waals surface area contributed by atoms with E-state index >= 15 is 0 Å². The molecule has 0 unspecified atom stereocenters. The molecular weight excluding hydrogens is 208 g/mol. The lowest BCUT2D eigenvalue weighted by Crippen LogP contribution is -2.41. The van der Waals surface area contributed by atoms with Crippen LogP contribution < -0.4 is 0 Å². The third kappa shape index (κ3) is 1.78. The van der Waals surface area contributed by atoms with Crippen molar-refractivity contribution >= 4 is 5.97 Å². The Morgan fingerprint density at radius 1 is 1.38 bits per heavy atom. The fraction of sp³-hybridized carbons (Fsp3) is 0.545. The van der Waals surface area contributed by atoms with Crippen LogP contribution in [0.15, 0.2) is 18.6 Å². The van der Waals surface area contributed by atoms with Crippen LogP contribution in [0.4, 0.5) is 0 Å². The maximum absolute atomic E-state index is 11.4. The summed E-state index contributed by atoms with van der Waals surface area (Å²) < 4.78 is 0. The third-order valence-corrected chi connectivity index (χ3v) is 3.27. The zero-order valence-corrected chi connectivity index (χ0v) is 8.83. The molecule has 1 fully saturated rings. The van der Waals surface area contributed by atoms with E-state index in [1.165, 1.54) is 18.6 Å². The summed E-state index contributed by atoms with van der Waals surface area (Å²) in [5, 5.41) is 18.8. The number of aliphatic hydroxyl groups excluding tert-OH is 1. The minimum atomic E-state index is -0.965. The Morgan fingerprint density at radius 2 is 2.06 bits per heavy atom. The molecule has 1 saturated carbocycles. The fourth-order valence-electron chi connectivity index (χ4n) is 2.22. The van der Waals surface area contributed by atoms with E-state index < -0.39 is 11.4 Å². The van der Waals surface area contributed by atoms with E-state index in [-0.39, 0.29) is 6.10 Å². The van der Waals surface area contributed by atoms with Crippen LogP contribution in [0.25, 0.3) is 0 Å². The maximum atomic E-state index is 11.4. The van der Waals surface area contributed by atoms with Crippen LogP contribution in [0.1, 0.15) is 31.4 Å².